The van der Waals surface area contributed by atoms with Gasteiger partial charge >= 0.3 is 0 Å². The molecule has 0 N–H and O–H groups in total. The molecule has 0 saturated carbocycles. The smallest absolute Gasteiger partial charge is 0.238 e. The van der Waals surface area contributed by atoms with Gasteiger partial charge in [0.25, 0.3) is 0 Å². The second-order valence-electron chi connectivity index (χ2n) is 16.0. The molecule has 9 aromatic rings. The van der Waals surface area contributed by atoms with Crippen LogP contribution in [0.15, 0.2) is 230 Å². The van der Waals surface area contributed by atoms with E-state index in [0.29, 0.717) is 11.9 Å². The van der Waals surface area contributed by atoms with Crippen LogP contribution in [0, 0.1) is 12.8 Å². The number of hydrogen-bond acceptors (Lipinski definition) is 6. The lowest BCUT2D eigenvalue weighted by Gasteiger charge is -2.31. The monoisotopic (exact) mass is 826 g/mol. The number of aryl methyl sites for hydroxylation is 1. The van der Waals surface area contributed by atoms with E-state index in [4.69, 9.17) is 19.9 Å². The van der Waals surface area contributed by atoms with Crippen LogP contribution in [0.1, 0.15) is 24.5 Å². The standard InChI is InChI=1S/C58H46N6/c1-41-33-35-49(63(47-29-17-7-18-30-47)48-31-19-8-20-32-48)37-51(41)52-38-50(36-34-42(52)2)64(57-59-53(43-21-9-3-10-22-43)39-54(60-57)44-23-11-4-12-24-44)58-61-55(45-25-13-5-14-26-45)40-56(62-58)46-27-15-6-16-28-46/h3-32,34-41H,33H2,1-2H3. The Kier molecular flexibility index (Phi) is 11.2. The summed E-state index contributed by atoms with van der Waals surface area (Å²) >= 11 is 0. The summed E-state index contributed by atoms with van der Waals surface area (Å²) in [5.41, 5.74) is 14.9. The number of aromatic nitrogens is 4. The fourth-order valence-electron chi connectivity index (χ4n) is 8.36. The second-order valence-corrected chi connectivity index (χ2v) is 16.0. The molecule has 0 saturated heterocycles. The van der Waals surface area contributed by atoms with Crippen LogP contribution >= 0.6 is 0 Å². The van der Waals surface area contributed by atoms with Crippen molar-refractivity contribution >= 4 is 34.5 Å². The molecule has 1 atom stereocenters. The van der Waals surface area contributed by atoms with Gasteiger partial charge in [-0.05, 0) is 90.6 Å². The Bertz CT molecular complexity index is 2800. The molecule has 0 radical (unpaired) electrons. The molecule has 64 heavy (non-hydrogen) atoms. The van der Waals surface area contributed by atoms with E-state index in [0.717, 1.165) is 79.8 Å². The predicted molar refractivity (Wildman–Crippen MR) is 264 cm³/mol. The van der Waals surface area contributed by atoms with Crippen LogP contribution in [0.3, 0.4) is 0 Å². The summed E-state index contributed by atoms with van der Waals surface area (Å²) in [5, 5.41) is 0. The highest BCUT2D eigenvalue weighted by molar-refractivity contribution is 5.83. The van der Waals surface area contributed by atoms with Gasteiger partial charge in [-0.15, -0.1) is 0 Å². The van der Waals surface area contributed by atoms with Gasteiger partial charge in [0.1, 0.15) is 0 Å². The molecule has 6 nitrogen and oxygen atoms in total. The van der Waals surface area contributed by atoms with E-state index < -0.39 is 0 Å². The Labute approximate surface area is 375 Å². The normalized spacial score (nSPS) is 13.4. The molecular weight excluding hydrogens is 781 g/mol. The zero-order valence-electron chi connectivity index (χ0n) is 35.8. The summed E-state index contributed by atoms with van der Waals surface area (Å²) < 4.78 is 0. The summed E-state index contributed by atoms with van der Waals surface area (Å²) in [5.74, 6) is 1.18. The van der Waals surface area contributed by atoms with Crippen LogP contribution in [-0.4, -0.2) is 19.9 Å². The number of benzene rings is 7. The fourth-order valence-corrected chi connectivity index (χ4v) is 8.36. The molecule has 0 spiro atoms. The zero-order valence-corrected chi connectivity index (χ0v) is 35.8. The topological polar surface area (TPSA) is 58.0 Å². The van der Waals surface area contributed by atoms with Gasteiger partial charge in [0.2, 0.25) is 11.9 Å². The number of anilines is 5. The van der Waals surface area contributed by atoms with Crippen molar-refractivity contribution < 1.29 is 0 Å². The Morgan fingerprint density at radius 1 is 0.406 bits per heavy atom. The van der Waals surface area contributed by atoms with E-state index in [-0.39, 0.29) is 5.92 Å². The predicted octanol–water partition coefficient (Wildman–Crippen LogP) is 14.9. The molecule has 0 aliphatic heterocycles. The van der Waals surface area contributed by atoms with Gasteiger partial charge in [0.05, 0.1) is 28.5 Å². The fraction of sp³-hybridized carbons (Fsp3) is 0.0690. The first kappa shape index (κ1) is 39.9. The Morgan fingerprint density at radius 3 is 1.17 bits per heavy atom. The lowest BCUT2D eigenvalue weighted by molar-refractivity contribution is 0.749. The summed E-state index contributed by atoms with van der Waals surface area (Å²) in [6.07, 6.45) is 5.61. The van der Waals surface area contributed by atoms with Gasteiger partial charge in [-0.25, -0.2) is 24.8 Å². The Balaban J connectivity index is 1.20. The third-order valence-corrected chi connectivity index (χ3v) is 11.7. The van der Waals surface area contributed by atoms with E-state index >= 15 is 0 Å². The largest absolute Gasteiger partial charge is 0.311 e. The van der Waals surface area contributed by atoms with Crippen LogP contribution in [0.2, 0.25) is 0 Å². The van der Waals surface area contributed by atoms with Crippen molar-refractivity contribution in [2.24, 2.45) is 5.92 Å². The van der Waals surface area contributed by atoms with Crippen LogP contribution in [0.25, 0.3) is 50.6 Å². The molecule has 1 aliphatic rings. The molecule has 2 aromatic heterocycles. The van der Waals surface area contributed by atoms with E-state index in [9.17, 15) is 0 Å². The summed E-state index contributed by atoms with van der Waals surface area (Å²) in [6, 6.07) is 73.1. The number of nitrogens with zero attached hydrogens (tertiary/aromatic N) is 6. The molecule has 0 amide bonds. The Morgan fingerprint density at radius 2 is 0.781 bits per heavy atom. The van der Waals surface area contributed by atoms with E-state index in [2.05, 4.69) is 170 Å². The molecule has 2 heterocycles. The molecule has 7 aromatic carbocycles. The lowest BCUT2D eigenvalue weighted by Crippen LogP contribution is -2.19. The first-order valence-electron chi connectivity index (χ1n) is 21.8. The van der Waals surface area contributed by atoms with Gasteiger partial charge in [0, 0.05) is 39.3 Å². The van der Waals surface area contributed by atoms with Crippen molar-refractivity contribution in [3.05, 3.63) is 241 Å². The molecule has 1 unspecified atom stereocenters. The highest BCUT2D eigenvalue weighted by Gasteiger charge is 2.26. The molecule has 1 aliphatic carbocycles. The summed E-state index contributed by atoms with van der Waals surface area (Å²) in [4.78, 5) is 25.9. The number of para-hydroxylation sites is 2. The molecule has 308 valence electrons. The highest BCUT2D eigenvalue weighted by Crippen LogP contribution is 2.42. The molecular formula is C58H46N6. The van der Waals surface area contributed by atoms with Gasteiger partial charge in [-0.3, -0.25) is 0 Å². The van der Waals surface area contributed by atoms with Crippen molar-refractivity contribution in [1.82, 2.24) is 19.9 Å². The van der Waals surface area contributed by atoms with Crippen molar-refractivity contribution in [3.63, 3.8) is 0 Å². The third kappa shape index (κ3) is 8.37. The van der Waals surface area contributed by atoms with Gasteiger partial charge < -0.3 is 4.90 Å². The van der Waals surface area contributed by atoms with Crippen molar-refractivity contribution in [2.45, 2.75) is 20.3 Å². The third-order valence-electron chi connectivity index (χ3n) is 11.7. The maximum Gasteiger partial charge on any atom is 0.238 e. The van der Waals surface area contributed by atoms with Crippen LogP contribution < -0.4 is 9.80 Å². The minimum absolute atomic E-state index is 0.254. The lowest BCUT2D eigenvalue weighted by atomic mass is 9.84. The maximum atomic E-state index is 5.37. The summed E-state index contributed by atoms with van der Waals surface area (Å²) in [7, 11) is 0. The number of hydrogen-bond donors (Lipinski definition) is 0. The van der Waals surface area contributed by atoms with Gasteiger partial charge in [-0.2, -0.15) is 0 Å². The maximum absolute atomic E-state index is 5.37. The minimum Gasteiger partial charge on any atom is -0.311 e. The van der Waals surface area contributed by atoms with E-state index in [1.807, 2.05) is 77.7 Å². The summed E-state index contributed by atoms with van der Waals surface area (Å²) in [6.45, 7) is 4.51. The van der Waals surface area contributed by atoms with Gasteiger partial charge in [0.15, 0.2) is 0 Å². The van der Waals surface area contributed by atoms with Crippen molar-refractivity contribution in [1.29, 1.82) is 0 Å². The first-order chi connectivity index (χ1) is 31.6. The van der Waals surface area contributed by atoms with Crippen LogP contribution in [-0.2, 0) is 0 Å². The van der Waals surface area contributed by atoms with E-state index in [1.165, 1.54) is 11.1 Å². The van der Waals surface area contributed by atoms with E-state index in [1.54, 1.807) is 0 Å². The van der Waals surface area contributed by atoms with Gasteiger partial charge in [-0.1, -0.05) is 177 Å². The minimum atomic E-state index is 0.254. The second kappa shape index (κ2) is 18.0. The van der Waals surface area contributed by atoms with Crippen molar-refractivity contribution in [3.8, 4) is 45.0 Å². The van der Waals surface area contributed by atoms with Crippen LogP contribution in [0.5, 0.6) is 0 Å². The highest BCUT2D eigenvalue weighted by atomic mass is 15.3. The molecule has 6 heteroatoms. The Hall–Kier alpha value is -8.22. The molecule has 0 bridgehead atoms. The number of rotatable bonds is 11. The molecule has 0 fully saturated rings. The molecule has 10 rings (SSSR count). The van der Waals surface area contributed by atoms with Crippen molar-refractivity contribution in [2.75, 3.05) is 9.80 Å². The average Bonchev–Trinajstić information content (AvgIpc) is 3.37. The first-order valence-corrected chi connectivity index (χ1v) is 21.8. The quantitative estimate of drug-likeness (QED) is 0.129. The van der Waals surface area contributed by atoms with Crippen LogP contribution in [0.4, 0.5) is 29.0 Å². The SMILES string of the molecule is Cc1ccc(N(c2nc(-c3ccccc3)cc(-c3ccccc3)n2)c2nc(-c3ccccc3)cc(-c3ccccc3)n2)cc1C1=CC(N(c2ccccc2)c2ccccc2)=CCC1C. The average molecular weight is 827 g/mol. The zero-order chi connectivity index (χ0) is 43.2. The number of allylic oxidation sites excluding steroid dienone is 3.